The first-order chi connectivity index (χ1) is 45.8. The quantitative estimate of drug-likeness (QED) is 0.0665. The van der Waals surface area contributed by atoms with Crippen LogP contribution in [0, 0.1) is 0 Å². The third-order valence-electron chi connectivity index (χ3n) is 18.3. The lowest BCUT2D eigenvalue weighted by molar-refractivity contribution is 0.0472. The van der Waals surface area contributed by atoms with Crippen LogP contribution in [-0.2, 0) is 33.8 Å². The average Bonchev–Trinajstić information content (AvgIpc) is 1.80. The summed E-state index contributed by atoms with van der Waals surface area (Å²) in [5, 5.41) is 9.20. The molecule has 0 amide bonds. The van der Waals surface area contributed by atoms with Gasteiger partial charge >= 0.3 is 5.97 Å². The number of carbonyl (C=O) groups is 1. The molecule has 17 aromatic rings. The third kappa shape index (κ3) is 9.58. The van der Waals surface area contributed by atoms with E-state index in [0.717, 1.165) is 99.7 Å². The van der Waals surface area contributed by atoms with E-state index < -0.39 is 17.0 Å². The van der Waals surface area contributed by atoms with E-state index in [-0.39, 0.29) is 29.4 Å². The summed E-state index contributed by atoms with van der Waals surface area (Å²) in [7, 11) is 0. The van der Waals surface area contributed by atoms with Crippen LogP contribution in [0.25, 0.3) is 138 Å². The molecular formula is C83H56N4O5S. The van der Waals surface area contributed by atoms with Crippen LogP contribution in [-0.4, -0.2) is 33.0 Å². The number of fused-ring (bicyclic) bond motifs is 12. The minimum absolute atomic E-state index is 0.0236. The van der Waals surface area contributed by atoms with Crippen LogP contribution < -0.4 is 0 Å². The van der Waals surface area contributed by atoms with Gasteiger partial charge in [-0.2, -0.15) is 0 Å². The molecule has 444 valence electrons. The van der Waals surface area contributed by atoms with Gasteiger partial charge in [0.05, 0.1) is 54.6 Å². The zero-order chi connectivity index (χ0) is 62.3. The summed E-state index contributed by atoms with van der Waals surface area (Å²) in [6.07, 6.45) is 0. The number of carbonyl (C=O) groups excluding carboxylic acids is 1. The van der Waals surface area contributed by atoms with Crippen molar-refractivity contribution in [2.45, 2.75) is 18.1 Å². The van der Waals surface area contributed by atoms with E-state index in [4.69, 9.17) is 9.47 Å². The van der Waals surface area contributed by atoms with Crippen LogP contribution in [0.4, 0.5) is 0 Å². The van der Waals surface area contributed by atoms with Crippen molar-refractivity contribution in [1.82, 2.24) is 18.3 Å². The molecule has 1 atom stereocenters. The van der Waals surface area contributed by atoms with Gasteiger partial charge in [0.25, 0.3) is 0 Å². The first kappa shape index (κ1) is 55.3. The fourth-order valence-corrected chi connectivity index (χ4v) is 14.3. The van der Waals surface area contributed by atoms with E-state index in [2.05, 4.69) is 280 Å². The van der Waals surface area contributed by atoms with E-state index in [9.17, 15) is 13.6 Å². The van der Waals surface area contributed by atoms with Crippen molar-refractivity contribution in [2.24, 2.45) is 0 Å². The van der Waals surface area contributed by atoms with Crippen molar-refractivity contribution >= 4 is 110 Å². The molecule has 9 nitrogen and oxygen atoms in total. The monoisotopic (exact) mass is 1220 g/mol. The highest BCUT2D eigenvalue weighted by Gasteiger charge is 2.20. The minimum atomic E-state index is -2.41. The second-order valence-electron chi connectivity index (χ2n) is 23.6. The Labute approximate surface area is 537 Å². The van der Waals surface area contributed by atoms with Crippen molar-refractivity contribution < 1.29 is 23.0 Å². The number of benzene rings is 13. The Balaban J connectivity index is 0.579. The Morgan fingerprint density at radius 3 is 0.925 bits per heavy atom. The molecule has 0 aliphatic rings. The molecule has 1 N–H and O–H groups in total. The molecule has 10 heteroatoms. The van der Waals surface area contributed by atoms with Gasteiger partial charge in [-0.15, -0.1) is 0 Å². The van der Waals surface area contributed by atoms with E-state index in [1.807, 2.05) is 24.3 Å². The molecule has 93 heavy (non-hydrogen) atoms. The molecule has 0 aliphatic heterocycles. The fraction of sp³-hybridized carbons (Fsp3) is 0.0241. The minimum Gasteiger partial charge on any atom is -0.489 e. The summed E-state index contributed by atoms with van der Waals surface area (Å²) in [5.74, 6) is -0.413. The van der Waals surface area contributed by atoms with Gasteiger partial charge in [0.2, 0.25) is 0 Å². The maximum Gasteiger partial charge on any atom is 0.338 e. The number of esters is 1. The van der Waals surface area contributed by atoms with Gasteiger partial charge in [-0.1, -0.05) is 176 Å². The summed E-state index contributed by atoms with van der Waals surface area (Å²) in [4.78, 5) is 14.0. The molecule has 17 rings (SSSR count). The average molecular weight is 1220 g/mol. The second-order valence-corrected chi connectivity index (χ2v) is 24.6. The second kappa shape index (κ2) is 22.6. The smallest absolute Gasteiger partial charge is 0.338 e. The molecule has 0 fully saturated rings. The van der Waals surface area contributed by atoms with Gasteiger partial charge in [0.1, 0.15) is 19.0 Å². The Morgan fingerprint density at radius 2 is 0.602 bits per heavy atom. The van der Waals surface area contributed by atoms with Gasteiger partial charge in [-0.3, -0.25) is 0 Å². The van der Waals surface area contributed by atoms with Crippen molar-refractivity contribution in [1.29, 1.82) is 0 Å². The molecular weight excluding hydrogens is 1170 g/mol. The van der Waals surface area contributed by atoms with Crippen LogP contribution in [0.1, 0.15) is 27.0 Å². The van der Waals surface area contributed by atoms with E-state index >= 15 is 0 Å². The number of aromatic nitrogens is 4. The summed E-state index contributed by atoms with van der Waals surface area (Å²) >= 11 is -2.41. The van der Waals surface area contributed by atoms with Gasteiger partial charge in [0.15, 0.2) is 11.1 Å². The maximum atomic E-state index is 14.0. The molecule has 0 aliphatic carbocycles. The zero-order valence-corrected chi connectivity index (χ0v) is 51.0. The van der Waals surface area contributed by atoms with Crippen molar-refractivity contribution in [3.8, 4) is 45.0 Å². The number of hydrogen-bond donors (Lipinski definition) is 1. The zero-order valence-electron chi connectivity index (χ0n) is 50.2. The Bertz CT molecular complexity index is 5420. The number of ether oxygens (including phenoxy) is 2. The van der Waals surface area contributed by atoms with Crippen LogP contribution >= 0.6 is 0 Å². The lowest BCUT2D eigenvalue weighted by atomic mass is 10.0. The lowest BCUT2D eigenvalue weighted by Gasteiger charge is -2.13. The fourth-order valence-electron chi connectivity index (χ4n) is 13.9. The Hall–Kier alpha value is -11.8. The summed E-state index contributed by atoms with van der Waals surface area (Å²) in [6, 6.07) is 103. The number of rotatable bonds is 14. The SMILES string of the molecule is C=C(OCc1ccc2c(c1)c1ccccc1n2-c1ccc(-c2ccc(-n3c4ccccc4c4ccccc43)cc2)cc1)c1cc(C(=O)OCc2ccc3c(c2)c2ccccc2n3-c2ccc(-c3ccc(-n4c5ccccc5c5ccccc54)cc3)cc2)cc(S(=O)O)c1. The maximum absolute atomic E-state index is 14.0. The molecule has 0 saturated heterocycles. The lowest BCUT2D eigenvalue weighted by Crippen LogP contribution is -2.07. The first-order valence-electron chi connectivity index (χ1n) is 30.9. The molecule has 4 aromatic heterocycles. The predicted molar refractivity (Wildman–Crippen MR) is 380 cm³/mol. The van der Waals surface area contributed by atoms with E-state index in [0.29, 0.717) is 5.56 Å². The van der Waals surface area contributed by atoms with E-state index in [1.54, 1.807) is 6.07 Å². The number of nitrogens with zero attached hydrogens (tertiary/aromatic N) is 4. The van der Waals surface area contributed by atoms with Crippen LogP contribution in [0.3, 0.4) is 0 Å². The topological polar surface area (TPSA) is 92.5 Å². The van der Waals surface area contributed by atoms with Gasteiger partial charge in [-0.05, 0) is 161 Å². The number of para-hydroxylation sites is 6. The van der Waals surface area contributed by atoms with Crippen molar-refractivity contribution in [3.63, 3.8) is 0 Å². The van der Waals surface area contributed by atoms with Crippen LogP contribution in [0.5, 0.6) is 0 Å². The molecule has 1 unspecified atom stereocenters. The van der Waals surface area contributed by atoms with Crippen LogP contribution in [0.2, 0.25) is 0 Å². The first-order valence-corrected chi connectivity index (χ1v) is 32.1. The molecule has 0 spiro atoms. The Morgan fingerprint density at radius 1 is 0.323 bits per heavy atom. The van der Waals surface area contributed by atoms with E-state index in [1.165, 1.54) is 55.7 Å². The number of hydrogen-bond acceptors (Lipinski definition) is 4. The molecule has 0 radical (unpaired) electrons. The van der Waals surface area contributed by atoms with Crippen LogP contribution in [0.15, 0.2) is 309 Å². The Kier molecular flexibility index (Phi) is 13.4. The normalized spacial score (nSPS) is 12.1. The molecule has 0 saturated carbocycles. The van der Waals surface area contributed by atoms with Gasteiger partial charge in [-0.25, -0.2) is 9.00 Å². The van der Waals surface area contributed by atoms with Gasteiger partial charge < -0.3 is 32.3 Å². The standard InChI is InChI=1S/C83H56N4O5S/c1-53(91-51-54-26-44-81-73(46-54)71-18-6-12-24-79(71)86(81)64-40-32-58(33-41-64)56-28-36-62(37-29-56)84-75-20-8-2-14-67(75)68-15-3-9-21-76(68)84)60-48-61(50-66(49-60)93(89)90)83(88)92-52-55-27-45-82-74(47-55)72-19-7-13-25-80(72)87(82)65-42-34-59(35-43-65)57-30-38-63(39-31-57)85-77-22-10-4-16-69(77)70-17-5-11-23-78(70)85/h2-50H,1,51-52H2,(H,89,90). The summed E-state index contributed by atoms with van der Waals surface area (Å²) < 4.78 is 44.5. The highest BCUT2D eigenvalue weighted by Crippen LogP contribution is 2.39. The summed E-state index contributed by atoms with van der Waals surface area (Å²) in [5.41, 5.74) is 19.9. The van der Waals surface area contributed by atoms with Gasteiger partial charge in [0, 0.05) is 71.4 Å². The largest absolute Gasteiger partial charge is 0.489 e. The van der Waals surface area contributed by atoms with Crippen molar-refractivity contribution in [2.75, 3.05) is 0 Å². The van der Waals surface area contributed by atoms with Crippen molar-refractivity contribution in [3.05, 3.63) is 326 Å². The molecule has 4 heterocycles. The third-order valence-corrected chi connectivity index (χ3v) is 18.9. The summed E-state index contributed by atoms with van der Waals surface area (Å²) in [6.45, 7) is 4.35. The predicted octanol–water partition coefficient (Wildman–Crippen LogP) is 20.5. The highest BCUT2D eigenvalue weighted by molar-refractivity contribution is 7.79. The highest BCUT2D eigenvalue weighted by atomic mass is 32.2. The molecule has 13 aromatic carbocycles. The molecule has 0 bridgehead atoms.